The SMILES string of the molecule is Cc1cc(C(C)(C)CO)c(C=O)cc1F. The van der Waals surface area contributed by atoms with E-state index < -0.39 is 11.2 Å². The lowest BCUT2D eigenvalue weighted by Crippen LogP contribution is -2.24. The van der Waals surface area contributed by atoms with Gasteiger partial charge in [-0.2, -0.15) is 0 Å². The first-order valence-electron chi connectivity index (χ1n) is 4.79. The largest absolute Gasteiger partial charge is 0.395 e. The van der Waals surface area contributed by atoms with Crippen molar-refractivity contribution in [2.45, 2.75) is 26.2 Å². The van der Waals surface area contributed by atoms with Crippen LogP contribution in [0.25, 0.3) is 0 Å². The number of aryl methyl sites for hydroxylation is 1. The van der Waals surface area contributed by atoms with Crippen LogP contribution in [-0.4, -0.2) is 18.0 Å². The predicted octanol–water partition coefficient (Wildman–Crippen LogP) is 2.22. The van der Waals surface area contributed by atoms with Crippen molar-refractivity contribution in [1.29, 1.82) is 0 Å². The average molecular weight is 210 g/mol. The van der Waals surface area contributed by atoms with Crippen LogP contribution >= 0.6 is 0 Å². The number of aliphatic hydroxyl groups is 1. The first kappa shape index (κ1) is 11.9. The molecule has 15 heavy (non-hydrogen) atoms. The Bertz CT molecular complexity index is 383. The molecule has 0 saturated heterocycles. The van der Waals surface area contributed by atoms with Gasteiger partial charge in [0.15, 0.2) is 0 Å². The Morgan fingerprint density at radius 1 is 1.47 bits per heavy atom. The molecule has 0 unspecified atom stereocenters. The van der Waals surface area contributed by atoms with E-state index in [1.807, 2.05) is 13.8 Å². The van der Waals surface area contributed by atoms with E-state index in [0.29, 0.717) is 23.0 Å². The normalized spacial score (nSPS) is 11.5. The molecule has 3 heteroatoms. The van der Waals surface area contributed by atoms with Gasteiger partial charge in [-0.05, 0) is 24.1 Å². The highest BCUT2D eigenvalue weighted by molar-refractivity contribution is 5.78. The molecule has 1 rings (SSSR count). The van der Waals surface area contributed by atoms with Crippen LogP contribution in [0.5, 0.6) is 0 Å². The molecule has 0 fully saturated rings. The Balaban J connectivity index is 3.40. The molecule has 0 heterocycles. The lowest BCUT2D eigenvalue weighted by Gasteiger charge is -2.24. The number of carbonyl (C=O) groups excluding carboxylic acids is 1. The van der Waals surface area contributed by atoms with Crippen LogP contribution in [-0.2, 0) is 5.41 Å². The van der Waals surface area contributed by atoms with Crippen LogP contribution in [0.15, 0.2) is 12.1 Å². The van der Waals surface area contributed by atoms with Crippen LogP contribution in [0.3, 0.4) is 0 Å². The maximum absolute atomic E-state index is 13.2. The Morgan fingerprint density at radius 2 is 2.07 bits per heavy atom. The van der Waals surface area contributed by atoms with Gasteiger partial charge in [0.1, 0.15) is 12.1 Å². The van der Waals surface area contributed by atoms with Gasteiger partial charge >= 0.3 is 0 Å². The molecule has 0 aliphatic rings. The zero-order chi connectivity index (χ0) is 11.6. The van der Waals surface area contributed by atoms with Gasteiger partial charge in [-0.3, -0.25) is 4.79 Å². The molecule has 2 nitrogen and oxygen atoms in total. The lowest BCUT2D eigenvalue weighted by atomic mass is 9.82. The van der Waals surface area contributed by atoms with E-state index in [0.717, 1.165) is 0 Å². The van der Waals surface area contributed by atoms with Gasteiger partial charge in [0.25, 0.3) is 0 Å². The van der Waals surface area contributed by atoms with Crippen LogP contribution in [0.1, 0.15) is 35.3 Å². The average Bonchev–Trinajstić information content (AvgIpc) is 2.21. The summed E-state index contributed by atoms with van der Waals surface area (Å²) in [7, 11) is 0. The topological polar surface area (TPSA) is 37.3 Å². The number of benzene rings is 1. The minimum absolute atomic E-state index is 0.0844. The second kappa shape index (κ2) is 4.11. The fraction of sp³-hybridized carbons (Fsp3) is 0.417. The molecule has 1 N–H and O–H groups in total. The van der Waals surface area contributed by atoms with Gasteiger partial charge in [-0.1, -0.05) is 19.9 Å². The third-order valence-corrected chi connectivity index (χ3v) is 2.58. The number of rotatable bonds is 3. The summed E-state index contributed by atoms with van der Waals surface area (Å²) >= 11 is 0. The van der Waals surface area contributed by atoms with Crippen molar-refractivity contribution in [2.75, 3.05) is 6.61 Å². The van der Waals surface area contributed by atoms with Gasteiger partial charge in [0.05, 0.1) is 6.61 Å². The molecule has 82 valence electrons. The van der Waals surface area contributed by atoms with E-state index in [1.165, 1.54) is 6.07 Å². The third kappa shape index (κ3) is 2.23. The molecule has 0 saturated carbocycles. The van der Waals surface area contributed by atoms with E-state index in [4.69, 9.17) is 0 Å². The number of aliphatic hydroxyl groups excluding tert-OH is 1. The van der Waals surface area contributed by atoms with Crippen molar-refractivity contribution in [3.05, 3.63) is 34.6 Å². The molecular formula is C12H15FO2. The second-order valence-corrected chi connectivity index (χ2v) is 4.35. The maximum Gasteiger partial charge on any atom is 0.150 e. The molecular weight excluding hydrogens is 195 g/mol. The summed E-state index contributed by atoms with van der Waals surface area (Å²) in [5.74, 6) is -0.394. The number of hydrogen-bond acceptors (Lipinski definition) is 2. The Labute approximate surface area is 88.7 Å². The highest BCUT2D eigenvalue weighted by Crippen LogP contribution is 2.27. The van der Waals surface area contributed by atoms with Crippen LogP contribution < -0.4 is 0 Å². The molecule has 0 radical (unpaired) electrons. The van der Waals surface area contributed by atoms with Gasteiger partial charge in [0, 0.05) is 11.0 Å². The molecule has 0 spiro atoms. The zero-order valence-electron chi connectivity index (χ0n) is 9.17. The molecule has 0 aliphatic carbocycles. The minimum Gasteiger partial charge on any atom is -0.395 e. The molecule has 1 aromatic carbocycles. The standard InChI is InChI=1S/C12H15FO2/c1-8-4-10(12(2,3)7-15)9(6-14)5-11(8)13/h4-6,15H,7H2,1-3H3. The van der Waals surface area contributed by atoms with Gasteiger partial charge in [-0.25, -0.2) is 4.39 Å². The molecule has 0 atom stereocenters. The van der Waals surface area contributed by atoms with E-state index >= 15 is 0 Å². The summed E-state index contributed by atoms with van der Waals surface area (Å²) in [6, 6.07) is 2.84. The first-order valence-corrected chi connectivity index (χ1v) is 4.79. The van der Waals surface area contributed by atoms with Crippen LogP contribution in [0.2, 0.25) is 0 Å². The van der Waals surface area contributed by atoms with Gasteiger partial charge in [-0.15, -0.1) is 0 Å². The highest BCUT2D eigenvalue weighted by Gasteiger charge is 2.23. The van der Waals surface area contributed by atoms with Crippen molar-refractivity contribution in [1.82, 2.24) is 0 Å². The Hall–Kier alpha value is -1.22. The molecule has 0 amide bonds. The summed E-state index contributed by atoms with van der Waals surface area (Å²) in [6.45, 7) is 5.18. The second-order valence-electron chi connectivity index (χ2n) is 4.35. The number of aldehydes is 1. The van der Waals surface area contributed by atoms with Crippen molar-refractivity contribution in [3.8, 4) is 0 Å². The van der Waals surface area contributed by atoms with Crippen molar-refractivity contribution < 1.29 is 14.3 Å². The monoisotopic (exact) mass is 210 g/mol. The smallest absolute Gasteiger partial charge is 0.150 e. The number of carbonyl (C=O) groups is 1. The van der Waals surface area contributed by atoms with E-state index in [-0.39, 0.29) is 6.61 Å². The summed E-state index contributed by atoms with van der Waals surface area (Å²) in [5.41, 5.74) is 0.933. The summed E-state index contributed by atoms with van der Waals surface area (Å²) < 4.78 is 13.2. The van der Waals surface area contributed by atoms with Crippen LogP contribution in [0, 0.1) is 12.7 Å². The van der Waals surface area contributed by atoms with Gasteiger partial charge < -0.3 is 5.11 Å². The summed E-state index contributed by atoms with van der Waals surface area (Å²) in [4.78, 5) is 10.8. The molecule has 0 aliphatic heterocycles. The Kier molecular flexibility index (Phi) is 3.25. The van der Waals surface area contributed by atoms with Crippen molar-refractivity contribution in [3.63, 3.8) is 0 Å². The molecule has 1 aromatic rings. The van der Waals surface area contributed by atoms with Crippen LogP contribution in [0.4, 0.5) is 4.39 Å². The van der Waals surface area contributed by atoms with E-state index in [1.54, 1.807) is 13.0 Å². The third-order valence-electron chi connectivity index (χ3n) is 2.58. The molecule has 0 bridgehead atoms. The fourth-order valence-electron chi connectivity index (χ4n) is 1.47. The summed E-state index contributed by atoms with van der Waals surface area (Å²) in [5, 5.41) is 9.22. The van der Waals surface area contributed by atoms with E-state index in [9.17, 15) is 14.3 Å². The maximum atomic E-state index is 13.2. The number of hydrogen-bond donors (Lipinski definition) is 1. The number of halogens is 1. The minimum atomic E-state index is -0.533. The lowest BCUT2D eigenvalue weighted by molar-refractivity contribution is 0.111. The van der Waals surface area contributed by atoms with Crippen molar-refractivity contribution in [2.24, 2.45) is 0 Å². The molecule has 0 aromatic heterocycles. The summed E-state index contributed by atoms with van der Waals surface area (Å²) in [6.07, 6.45) is 0.620. The van der Waals surface area contributed by atoms with Gasteiger partial charge in [0.2, 0.25) is 0 Å². The Morgan fingerprint density at radius 3 is 2.53 bits per heavy atom. The van der Waals surface area contributed by atoms with E-state index in [2.05, 4.69) is 0 Å². The van der Waals surface area contributed by atoms with Crippen molar-refractivity contribution >= 4 is 6.29 Å². The first-order chi connectivity index (χ1) is 6.92. The highest BCUT2D eigenvalue weighted by atomic mass is 19.1. The zero-order valence-corrected chi connectivity index (χ0v) is 9.17. The predicted molar refractivity (Wildman–Crippen MR) is 56.6 cm³/mol. The fourth-order valence-corrected chi connectivity index (χ4v) is 1.47. The quantitative estimate of drug-likeness (QED) is 0.777.